The van der Waals surface area contributed by atoms with Crippen LogP contribution in [0.2, 0.25) is 0 Å². The van der Waals surface area contributed by atoms with E-state index in [1.54, 1.807) is 0 Å². The van der Waals surface area contributed by atoms with E-state index in [4.69, 9.17) is 0 Å². The molecule has 1 saturated heterocycles. The Morgan fingerprint density at radius 3 is 2.50 bits per heavy atom. The molecule has 0 N–H and O–H groups in total. The molecule has 1 aromatic carbocycles. The molecule has 0 radical (unpaired) electrons. The van der Waals surface area contributed by atoms with Crippen LogP contribution in [-0.2, 0) is 0 Å². The summed E-state index contributed by atoms with van der Waals surface area (Å²) in [5, 5.41) is 0. The molecule has 1 nitrogen and oxygen atoms in total. The highest BCUT2D eigenvalue weighted by molar-refractivity contribution is 14.1. The van der Waals surface area contributed by atoms with Crippen molar-refractivity contribution in [1.82, 2.24) is 0 Å². The summed E-state index contributed by atoms with van der Waals surface area (Å²) in [7, 11) is 0. The van der Waals surface area contributed by atoms with Crippen molar-refractivity contribution in [2.24, 2.45) is 5.92 Å². The second-order valence-corrected chi connectivity index (χ2v) is 5.28. The van der Waals surface area contributed by atoms with Crippen molar-refractivity contribution >= 4 is 28.3 Å². The highest BCUT2D eigenvalue weighted by atomic mass is 127. The maximum absolute atomic E-state index is 2.47. The lowest BCUT2D eigenvalue weighted by Gasteiger charge is -2.41. The third kappa shape index (κ3) is 2.22. The van der Waals surface area contributed by atoms with Gasteiger partial charge in [-0.15, -0.1) is 0 Å². The molecular formula is C12H16IN. The number of hydrogen-bond acceptors (Lipinski definition) is 1. The highest BCUT2D eigenvalue weighted by Crippen LogP contribution is 2.27. The van der Waals surface area contributed by atoms with Crippen LogP contribution in [0.15, 0.2) is 24.3 Å². The van der Waals surface area contributed by atoms with E-state index in [2.05, 4.69) is 58.7 Å². The van der Waals surface area contributed by atoms with Crippen molar-refractivity contribution in [2.45, 2.75) is 19.8 Å². The summed E-state index contributed by atoms with van der Waals surface area (Å²) in [5.41, 5.74) is 1.39. The number of rotatable bonds is 3. The number of benzene rings is 1. The number of hydrogen-bond donors (Lipinski definition) is 0. The lowest BCUT2D eigenvalue weighted by Crippen LogP contribution is -2.46. The lowest BCUT2D eigenvalue weighted by atomic mass is 9.94. The van der Waals surface area contributed by atoms with Gasteiger partial charge in [-0.25, -0.2) is 0 Å². The van der Waals surface area contributed by atoms with Gasteiger partial charge in [0, 0.05) is 22.3 Å². The summed E-state index contributed by atoms with van der Waals surface area (Å²) in [4.78, 5) is 2.47. The average Bonchev–Trinajstić information content (AvgIpc) is 2.13. The van der Waals surface area contributed by atoms with E-state index < -0.39 is 0 Å². The summed E-state index contributed by atoms with van der Waals surface area (Å²) in [6, 6.07) is 8.82. The van der Waals surface area contributed by atoms with E-state index in [-0.39, 0.29) is 0 Å². The molecule has 1 aliphatic rings. The van der Waals surface area contributed by atoms with Gasteiger partial charge in [0.05, 0.1) is 0 Å². The minimum Gasteiger partial charge on any atom is -0.371 e. The molecule has 0 aromatic heterocycles. The molecule has 0 amide bonds. The van der Waals surface area contributed by atoms with Gasteiger partial charge in [0.15, 0.2) is 0 Å². The van der Waals surface area contributed by atoms with Gasteiger partial charge in [-0.2, -0.15) is 0 Å². The van der Waals surface area contributed by atoms with Crippen molar-refractivity contribution in [3.8, 4) is 0 Å². The molecule has 76 valence electrons. The predicted molar refractivity (Wildman–Crippen MR) is 69.8 cm³/mol. The standard InChI is InChI=1S/C12H16IN/c1-2-3-10-8-14(9-10)12-6-4-11(13)5-7-12/h4-7,10H,2-3,8-9H2,1H3. The Bertz CT molecular complexity index is 288. The number of anilines is 1. The predicted octanol–water partition coefficient (Wildman–Crippen LogP) is 3.53. The zero-order valence-corrected chi connectivity index (χ0v) is 10.7. The van der Waals surface area contributed by atoms with Crippen LogP contribution in [0, 0.1) is 9.49 Å². The summed E-state index contributed by atoms with van der Waals surface area (Å²) in [5.74, 6) is 0.944. The minimum atomic E-state index is 0.944. The Kier molecular flexibility index (Phi) is 3.31. The maximum atomic E-state index is 2.47. The molecule has 0 unspecified atom stereocenters. The second-order valence-electron chi connectivity index (χ2n) is 4.04. The molecule has 0 spiro atoms. The summed E-state index contributed by atoms with van der Waals surface area (Å²) < 4.78 is 1.32. The largest absolute Gasteiger partial charge is 0.371 e. The first-order valence-corrected chi connectivity index (χ1v) is 6.38. The molecule has 1 fully saturated rings. The van der Waals surface area contributed by atoms with E-state index in [0.717, 1.165) is 5.92 Å². The van der Waals surface area contributed by atoms with Crippen LogP contribution in [-0.4, -0.2) is 13.1 Å². The second kappa shape index (κ2) is 4.51. The van der Waals surface area contributed by atoms with Crippen molar-refractivity contribution < 1.29 is 0 Å². The van der Waals surface area contributed by atoms with Crippen molar-refractivity contribution in [2.75, 3.05) is 18.0 Å². The monoisotopic (exact) mass is 301 g/mol. The number of halogens is 1. The van der Waals surface area contributed by atoms with Gasteiger partial charge >= 0.3 is 0 Å². The minimum absolute atomic E-state index is 0.944. The van der Waals surface area contributed by atoms with Crippen LogP contribution in [0.25, 0.3) is 0 Å². The third-order valence-electron chi connectivity index (χ3n) is 2.85. The van der Waals surface area contributed by atoms with Gasteiger partial charge < -0.3 is 4.90 Å². The molecule has 1 heterocycles. The van der Waals surface area contributed by atoms with Crippen LogP contribution in [0.3, 0.4) is 0 Å². The van der Waals surface area contributed by atoms with E-state index in [1.165, 1.54) is 35.2 Å². The van der Waals surface area contributed by atoms with Crippen molar-refractivity contribution in [3.63, 3.8) is 0 Å². The first-order chi connectivity index (χ1) is 6.79. The fourth-order valence-electron chi connectivity index (χ4n) is 2.02. The fourth-order valence-corrected chi connectivity index (χ4v) is 2.38. The average molecular weight is 301 g/mol. The van der Waals surface area contributed by atoms with Gasteiger partial charge in [-0.05, 0) is 59.2 Å². The molecule has 1 aliphatic heterocycles. The Hall–Kier alpha value is -0.250. The van der Waals surface area contributed by atoms with Crippen LogP contribution >= 0.6 is 22.6 Å². The van der Waals surface area contributed by atoms with Crippen LogP contribution in [0.5, 0.6) is 0 Å². The molecular weight excluding hydrogens is 285 g/mol. The molecule has 0 atom stereocenters. The van der Waals surface area contributed by atoms with Crippen LogP contribution in [0.4, 0.5) is 5.69 Å². The summed E-state index contributed by atoms with van der Waals surface area (Å²) in [6.07, 6.45) is 2.71. The molecule has 0 aliphatic carbocycles. The van der Waals surface area contributed by atoms with Crippen LogP contribution in [0.1, 0.15) is 19.8 Å². The first kappa shape index (κ1) is 10.3. The SMILES string of the molecule is CCCC1CN(c2ccc(I)cc2)C1. The normalized spacial score (nSPS) is 16.9. The van der Waals surface area contributed by atoms with Gasteiger partial charge in [-0.1, -0.05) is 13.3 Å². The fraction of sp³-hybridized carbons (Fsp3) is 0.500. The van der Waals surface area contributed by atoms with Gasteiger partial charge in [-0.3, -0.25) is 0 Å². The molecule has 1 aromatic rings. The van der Waals surface area contributed by atoms with Gasteiger partial charge in [0.25, 0.3) is 0 Å². The third-order valence-corrected chi connectivity index (χ3v) is 3.57. The summed E-state index contributed by atoms with van der Waals surface area (Å²) in [6.45, 7) is 4.79. The molecule has 14 heavy (non-hydrogen) atoms. The molecule has 0 saturated carbocycles. The molecule has 2 heteroatoms. The Labute approximate surface area is 99.6 Å². The maximum Gasteiger partial charge on any atom is 0.0367 e. The van der Waals surface area contributed by atoms with Crippen molar-refractivity contribution in [3.05, 3.63) is 27.8 Å². The Balaban J connectivity index is 1.90. The highest BCUT2D eigenvalue weighted by Gasteiger charge is 2.25. The van der Waals surface area contributed by atoms with Gasteiger partial charge in [0.2, 0.25) is 0 Å². The van der Waals surface area contributed by atoms with E-state index in [1.807, 2.05) is 0 Å². The molecule has 2 rings (SSSR count). The van der Waals surface area contributed by atoms with E-state index >= 15 is 0 Å². The van der Waals surface area contributed by atoms with Crippen LogP contribution < -0.4 is 4.90 Å². The topological polar surface area (TPSA) is 3.24 Å². The summed E-state index contributed by atoms with van der Waals surface area (Å²) >= 11 is 2.35. The Morgan fingerprint density at radius 2 is 1.93 bits per heavy atom. The quantitative estimate of drug-likeness (QED) is 0.772. The molecule has 0 bridgehead atoms. The van der Waals surface area contributed by atoms with Crippen molar-refractivity contribution in [1.29, 1.82) is 0 Å². The first-order valence-electron chi connectivity index (χ1n) is 5.30. The zero-order valence-electron chi connectivity index (χ0n) is 8.54. The smallest absolute Gasteiger partial charge is 0.0367 e. The zero-order chi connectivity index (χ0) is 9.97. The number of nitrogens with zero attached hydrogens (tertiary/aromatic N) is 1. The van der Waals surface area contributed by atoms with E-state index in [9.17, 15) is 0 Å². The van der Waals surface area contributed by atoms with E-state index in [0.29, 0.717) is 0 Å². The lowest BCUT2D eigenvalue weighted by molar-refractivity contribution is 0.381. The van der Waals surface area contributed by atoms with Gasteiger partial charge in [0.1, 0.15) is 0 Å². The Morgan fingerprint density at radius 1 is 1.29 bits per heavy atom.